The summed E-state index contributed by atoms with van der Waals surface area (Å²) in [6.45, 7) is 0. The quantitative estimate of drug-likeness (QED) is 0.851. The second kappa shape index (κ2) is 6.24. The zero-order chi connectivity index (χ0) is 13.0. The van der Waals surface area contributed by atoms with Gasteiger partial charge in [-0.2, -0.15) is 0 Å². The third-order valence-electron chi connectivity index (χ3n) is 2.85. The molecule has 4 heteroatoms. The number of nitrogens with one attached hydrogen (secondary N) is 1. The lowest BCUT2D eigenvalue weighted by atomic mass is 10.00. The van der Waals surface area contributed by atoms with Crippen LogP contribution in [0.5, 0.6) is 0 Å². The standard InChI is InChI=1S/C14H14FIN2/c1-17-14(7-10-3-2-6-18-9-10)12-5-4-11(15)8-13(12)16/h2-6,8-9,14,17H,7H2,1H3. The smallest absolute Gasteiger partial charge is 0.124 e. The first-order valence-electron chi connectivity index (χ1n) is 5.72. The fourth-order valence-electron chi connectivity index (χ4n) is 1.91. The number of benzene rings is 1. The van der Waals surface area contributed by atoms with Crippen LogP contribution in [0.3, 0.4) is 0 Å². The molecule has 94 valence electrons. The number of halogens is 2. The first-order chi connectivity index (χ1) is 8.70. The molecule has 1 heterocycles. The summed E-state index contributed by atoms with van der Waals surface area (Å²) in [6, 6.07) is 9.05. The number of pyridine rings is 1. The monoisotopic (exact) mass is 356 g/mol. The van der Waals surface area contributed by atoms with Crippen molar-refractivity contribution in [2.24, 2.45) is 0 Å². The summed E-state index contributed by atoms with van der Waals surface area (Å²) in [7, 11) is 1.92. The van der Waals surface area contributed by atoms with Crippen molar-refractivity contribution in [3.05, 3.63) is 63.2 Å². The zero-order valence-corrected chi connectivity index (χ0v) is 12.2. The molecule has 1 atom stereocenters. The molecule has 0 amide bonds. The minimum Gasteiger partial charge on any atom is -0.313 e. The molecule has 0 spiro atoms. The number of hydrogen-bond donors (Lipinski definition) is 1. The molecule has 0 aliphatic heterocycles. The summed E-state index contributed by atoms with van der Waals surface area (Å²) in [6.07, 6.45) is 4.46. The van der Waals surface area contributed by atoms with E-state index in [1.54, 1.807) is 12.3 Å². The summed E-state index contributed by atoms with van der Waals surface area (Å²) >= 11 is 2.17. The van der Waals surface area contributed by atoms with E-state index in [1.807, 2.05) is 31.4 Å². The summed E-state index contributed by atoms with van der Waals surface area (Å²) in [5.41, 5.74) is 2.28. The lowest BCUT2D eigenvalue weighted by Crippen LogP contribution is -2.20. The molecule has 0 bridgehead atoms. The predicted octanol–water partition coefficient (Wildman–Crippen LogP) is 3.33. The summed E-state index contributed by atoms with van der Waals surface area (Å²) in [4.78, 5) is 4.11. The summed E-state index contributed by atoms with van der Waals surface area (Å²) in [5, 5.41) is 3.27. The van der Waals surface area contributed by atoms with Gasteiger partial charge in [-0.3, -0.25) is 4.98 Å². The van der Waals surface area contributed by atoms with Crippen LogP contribution in [-0.4, -0.2) is 12.0 Å². The fourth-order valence-corrected chi connectivity index (χ4v) is 2.76. The molecule has 2 rings (SSSR count). The van der Waals surface area contributed by atoms with E-state index in [-0.39, 0.29) is 11.9 Å². The molecule has 2 nitrogen and oxygen atoms in total. The van der Waals surface area contributed by atoms with E-state index in [4.69, 9.17) is 0 Å². The van der Waals surface area contributed by atoms with E-state index in [1.165, 1.54) is 6.07 Å². The first-order valence-corrected chi connectivity index (χ1v) is 6.79. The van der Waals surface area contributed by atoms with Crippen molar-refractivity contribution in [3.63, 3.8) is 0 Å². The Balaban J connectivity index is 2.23. The van der Waals surface area contributed by atoms with E-state index < -0.39 is 0 Å². The normalized spacial score (nSPS) is 12.4. The molecule has 2 aromatic rings. The topological polar surface area (TPSA) is 24.9 Å². The first kappa shape index (κ1) is 13.4. The molecule has 0 aliphatic carbocycles. The van der Waals surface area contributed by atoms with E-state index in [0.29, 0.717) is 0 Å². The molecule has 0 saturated heterocycles. The van der Waals surface area contributed by atoms with Crippen LogP contribution < -0.4 is 5.32 Å². The van der Waals surface area contributed by atoms with Crippen molar-refractivity contribution in [1.29, 1.82) is 0 Å². The van der Waals surface area contributed by atoms with Crippen molar-refractivity contribution in [2.75, 3.05) is 7.05 Å². The van der Waals surface area contributed by atoms with Crippen LogP contribution in [0.1, 0.15) is 17.2 Å². The van der Waals surface area contributed by atoms with Gasteiger partial charge in [0, 0.05) is 22.0 Å². The Bertz CT molecular complexity index is 516. The summed E-state index contributed by atoms with van der Waals surface area (Å²) < 4.78 is 14.0. The Kier molecular flexibility index (Phi) is 4.66. The van der Waals surface area contributed by atoms with Crippen molar-refractivity contribution >= 4 is 22.6 Å². The van der Waals surface area contributed by atoms with Gasteiger partial charge < -0.3 is 5.32 Å². The minimum atomic E-state index is -0.195. The van der Waals surface area contributed by atoms with Crippen LogP contribution in [0, 0.1) is 9.39 Å². The third-order valence-corrected chi connectivity index (χ3v) is 3.78. The second-order valence-electron chi connectivity index (χ2n) is 4.07. The molecule has 18 heavy (non-hydrogen) atoms. The average Bonchev–Trinajstić information content (AvgIpc) is 2.38. The Hall–Kier alpha value is -1.01. The number of rotatable bonds is 4. The third kappa shape index (κ3) is 3.26. The van der Waals surface area contributed by atoms with Gasteiger partial charge in [0.25, 0.3) is 0 Å². The molecule has 1 N–H and O–H groups in total. The van der Waals surface area contributed by atoms with Gasteiger partial charge in [-0.15, -0.1) is 0 Å². The highest BCUT2D eigenvalue weighted by molar-refractivity contribution is 14.1. The van der Waals surface area contributed by atoms with Crippen LogP contribution in [0.25, 0.3) is 0 Å². The van der Waals surface area contributed by atoms with Gasteiger partial charge in [0.1, 0.15) is 5.82 Å². The van der Waals surface area contributed by atoms with Gasteiger partial charge in [0.15, 0.2) is 0 Å². The maximum Gasteiger partial charge on any atom is 0.124 e. The molecule has 0 fully saturated rings. The Morgan fingerprint density at radius 1 is 1.39 bits per heavy atom. The van der Waals surface area contributed by atoms with Crippen LogP contribution in [0.2, 0.25) is 0 Å². The highest BCUT2D eigenvalue weighted by Crippen LogP contribution is 2.23. The molecule has 1 unspecified atom stereocenters. The predicted molar refractivity (Wildman–Crippen MR) is 78.9 cm³/mol. The number of nitrogens with zero attached hydrogens (tertiary/aromatic N) is 1. The minimum absolute atomic E-state index is 0.168. The van der Waals surface area contributed by atoms with E-state index in [0.717, 1.165) is 21.1 Å². The van der Waals surface area contributed by atoms with Gasteiger partial charge in [0.05, 0.1) is 0 Å². The SMILES string of the molecule is CNC(Cc1cccnc1)c1ccc(F)cc1I. The van der Waals surface area contributed by atoms with Crippen LogP contribution >= 0.6 is 22.6 Å². The molecule has 0 aliphatic rings. The van der Waals surface area contributed by atoms with E-state index >= 15 is 0 Å². The molecule has 1 aromatic carbocycles. The molecule has 0 radical (unpaired) electrons. The Labute approximate surface area is 120 Å². The lowest BCUT2D eigenvalue weighted by Gasteiger charge is -2.18. The van der Waals surface area contributed by atoms with Crippen molar-refractivity contribution in [2.45, 2.75) is 12.5 Å². The molecular formula is C14H14FIN2. The van der Waals surface area contributed by atoms with Crippen molar-refractivity contribution in [1.82, 2.24) is 10.3 Å². The highest BCUT2D eigenvalue weighted by atomic mass is 127. The van der Waals surface area contributed by atoms with Crippen LogP contribution in [-0.2, 0) is 6.42 Å². The van der Waals surface area contributed by atoms with Gasteiger partial charge in [0.2, 0.25) is 0 Å². The maximum absolute atomic E-state index is 13.1. The van der Waals surface area contributed by atoms with Gasteiger partial charge in [-0.1, -0.05) is 12.1 Å². The summed E-state index contributed by atoms with van der Waals surface area (Å²) in [5.74, 6) is -0.195. The number of hydrogen-bond acceptors (Lipinski definition) is 2. The highest BCUT2D eigenvalue weighted by Gasteiger charge is 2.13. The fraction of sp³-hybridized carbons (Fsp3) is 0.214. The van der Waals surface area contributed by atoms with E-state index in [2.05, 4.69) is 32.9 Å². The van der Waals surface area contributed by atoms with Crippen LogP contribution in [0.4, 0.5) is 4.39 Å². The zero-order valence-electron chi connectivity index (χ0n) is 10.0. The number of aromatic nitrogens is 1. The Morgan fingerprint density at radius 2 is 2.22 bits per heavy atom. The van der Waals surface area contributed by atoms with Crippen molar-refractivity contribution < 1.29 is 4.39 Å². The maximum atomic E-state index is 13.1. The number of likely N-dealkylation sites (N-methyl/N-ethyl adjacent to an activating group) is 1. The van der Waals surface area contributed by atoms with Gasteiger partial charge in [-0.25, -0.2) is 4.39 Å². The van der Waals surface area contributed by atoms with Crippen LogP contribution in [0.15, 0.2) is 42.7 Å². The lowest BCUT2D eigenvalue weighted by molar-refractivity contribution is 0.582. The molecule has 1 aromatic heterocycles. The Morgan fingerprint density at radius 3 is 2.83 bits per heavy atom. The van der Waals surface area contributed by atoms with Gasteiger partial charge >= 0.3 is 0 Å². The van der Waals surface area contributed by atoms with Crippen molar-refractivity contribution in [3.8, 4) is 0 Å². The largest absolute Gasteiger partial charge is 0.313 e. The van der Waals surface area contributed by atoms with E-state index in [9.17, 15) is 4.39 Å². The molecule has 0 saturated carbocycles. The second-order valence-corrected chi connectivity index (χ2v) is 5.23. The van der Waals surface area contributed by atoms with Gasteiger partial charge in [-0.05, 0) is 65.4 Å². The molecular weight excluding hydrogens is 342 g/mol. The average molecular weight is 356 g/mol.